The van der Waals surface area contributed by atoms with Gasteiger partial charge in [-0.2, -0.15) is 0 Å². The van der Waals surface area contributed by atoms with Gasteiger partial charge in [0.2, 0.25) is 5.91 Å². The van der Waals surface area contributed by atoms with Crippen LogP contribution in [0.3, 0.4) is 0 Å². The summed E-state index contributed by atoms with van der Waals surface area (Å²) in [6, 6.07) is 23.3. The van der Waals surface area contributed by atoms with Crippen LogP contribution < -0.4 is 16.2 Å². The number of aromatic nitrogens is 3. The van der Waals surface area contributed by atoms with Crippen molar-refractivity contribution in [3.63, 3.8) is 0 Å². The Labute approximate surface area is 212 Å². The monoisotopic (exact) mass is 499 g/mol. The Hall–Kier alpha value is -4.24. The average molecular weight is 500 g/mol. The lowest BCUT2D eigenvalue weighted by Gasteiger charge is -2.14. The average Bonchev–Trinajstić information content (AvgIpc) is 2.90. The van der Waals surface area contributed by atoms with Crippen molar-refractivity contribution in [3.8, 4) is 11.3 Å². The quantitative estimate of drug-likeness (QED) is 0.301. The molecule has 0 aliphatic carbocycles. The lowest BCUT2D eigenvalue weighted by atomic mass is 10.1. The third-order valence-corrected chi connectivity index (χ3v) is 6.43. The number of hydrogen-bond acceptors (Lipinski definition) is 6. The molecule has 3 N–H and O–H groups in total. The van der Waals surface area contributed by atoms with Crippen LogP contribution in [0.2, 0.25) is 0 Å². The van der Waals surface area contributed by atoms with E-state index in [4.69, 9.17) is 0 Å². The van der Waals surface area contributed by atoms with Crippen molar-refractivity contribution in [1.82, 2.24) is 15.2 Å². The van der Waals surface area contributed by atoms with Gasteiger partial charge in [0.1, 0.15) is 0 Å². The summed E-state index contributed by atoms with van der Waals surface area (Å²) in [4.78, 5) is 40.9. The number of thioether (sulfide) groups is 1. The number of carbonyl (C=O) groups excluding carboxylic acids is 2. The van der Waals surface area contributed by atoms with Crippen LogP contribution in [-0.2, 0) is 11.2 Å². The molecule has 8 nitrogen and oxygen atoms in total. The predicted octanol–water partition coefficient (Wildman–Crippen LogP) is 4.77. The second-order valence-electron chi connectivity index (χ2n) is 7.93. The topological polar surface area (TPSA) is 117 Å². The number of anilines is 2. The van der Waals surface area contributed by atoms with Gasteiger partial charge in [0, 0.05) is 16.8 Å². The van der Waals surface area contributed by atoms with Crippen LogP contribution in [0.5, 0.6) is 0 Å². The Balaban J connectivity index is 1.49. The third-order valence-electron chi connectivity index (χ3n) is 5.46. The Morgan fingerprint density at radius 1 is 0.889 bits per heavy atom. The van der Waals surface area contributed by atoms with Crippen molar-refractivity contribution < 1.29 is 9.59 Å². The van der Waals surface area contributed by atoms with E-state index in [0.29, 0.717) is 16.8 Å². The number of hydrogen-bond donors (Lipinski definition) is 3. The van der Waals surface area contributed by atoms with Gasteiger partial charge in [-0.25, -0.2) is 0 Å². The first-order chi connectivity index (χ1) is 17.5. The second kappa shape index (κ2) is 11.5. The van der Waals surface area contributed by atoms with Crippen molar-refractivity contribution in [2.45, 2.75) is 30.7 Å². The molecule has 0 saturated carbocycles. The molecular weight excluding hydrogens is 474 g/mol. The number of H-pyrrole nitrogens is 1. The van der Waals surface area contributed by atoms with Gasteiger partial charge in [0.25, 0.3) is 11.5 Å². The highest BCUT2D eigenvalue weighted by atomic mass is 32.2. The fraction of sp³-hybridized carbons (Fsp3) is 0.148. The molecular formula is C27H25N5O3S. The molecule has 0 fully saturated rings. The standard InChI is InChI=1S/C27H25N5O3S/c1-3-18-11-7-9-15-21(18)28-24(33)17(2)36-27-30-26(35)23(31-32-27)20-14-8-10-16-22(20)29-25(34)19-12-5-4-6-13-19/h4-17H,3H2,1-2H3,(H,28,33)(H,29,34)(H,30,32,35)/t17-/m1/s1. The van der Waals surface area contributed by atoms with Crippen LogP contribution in [0.15, 0.2) is 88.8 Å². The van der Waals surface area contributed by atoms with Crippen LogP contribution in [-0.4, -0.2) is 32.2 Å². The minimum absolute atomic E-state index is 0.0669. The fourth-order valence-corrected chi connectivity index (χ4v) is 4.28. The third kappa shape index (κ3) is 5.87. The number of carbonyl (C=O) groups is 2. The van der Waals surface area contributed by atoms with Crippen molar-refractivity contribution in [2.24, 2.45) is 0 Å². The summed E-state index contributed by atoms with van der Waals surface area (Å²) in [5.41, 5.74) is 2.77. The van der Waals surface area contributed by atoms with Gasteiger partial charge in [0.15, 0.2) is 10.9 Å². The minimum Gasteiger partial charge on any atom is -0.325 e. The van der Waals surface area contributed by atoms with E-state index in [2.05, 4.69) is 25.8 Å². The van der Waals surface area contributed by atoms with Gasteiger partial charge in [-0.15, -0.1) is 10.2 Å². The van der Waals surface area contributed by atoms with Gasteiger partial charge in [-0.3, -0.25) is 19.4 Å². The molecule has 4 aromatic rings. The van der Waals surface area contributed by atoms with Gasteiger partial charge in [-0.1, -0.05) is 73.3 Å². The van der Waals surface area contributed by atoms with Crippen molar-refractivity contribution in [2.75, 3.05) is 10.6 Å². The van der Waals surface area contributed by atoms with E-state index in [-0.39, 0.29) is 22.7 Å². The highest BCUT2D eigenvalue weighted by Crippen LogP contribution is 2.26. The van der Waals surface area contributed by atoms with Gasteiger partial charge in [0.05, 0.1) is 10.9 Å². The van der Waals surface area contributed by atoms with Crippen LogP contribution in [0.25, 0.3) is 11.3 Å². The largest absolute Gasteiger partial charge is 0.325 e. The van der Waals surface area contributed by atoms with E-state index in [0.717, 1.165) is 29.4 Å². The zero-order valence-corrected chi connectivity index (χ0v) is 20.6. The maximum atomic E-state index is 12.9. The Kier molecular flexibility index (Phi) is 7.92. The Morgan fingerprint density at radius 3 is 2.28 bits per heavy atom. The zero-order chi connectivity index (χ0) is 25.5. The summed E-state index contributed by atoms with van der Waals surface area (Å²) in [6.07, 6.45) is 0.797. The number of aryl methyl sites for hydroxylation is 1. The van der Waals surface area contributed by atoms with E-state index < -0.39 is 10.8 Å². The SMILES string of the molecule is CCc1ccccc1NC(=O)[C@@H](C)Sc1nnc(-c2ccccc2NC(=O)c2ccccc2)c(=O)[nH]1. The van der Waals surface area contributed by atoms with Crippen LogP contribution >= 0.6 is 11.8 Å². The smallest absolute Gasteiger partial charge is 0.278 e. The van der Waals surface area contributed by atoms with E-state index in [9.17, 15) is 14.4 Å². The molecule has 1 atom stereocenters. The van der Waals surface area contributed by atoms with Crippen molar-refractivity contribution in [3.05, 3.63) is 100 Å². The van der Waals surface area contributed by atoms with E-state index in [1.54, 1.807) is 55.5 Å². The van der Waals surface area contributed by atoms with E-state index in [1.165, 1.54) is 0 Å². The van der Waals surface area contributed by atoms with Crippen LogP contribution in [0.4, 0.5) is 11.4 Å². The zero-order valence-electron chi connectivity index (χ0n) is 19.8. The summed E-state index contributed by atoms with van der Waals surface area (Å²) in [5.74, 6) is -0.509. The minimum atomic E-state index is -0.525. The maximum absolute atomic E-state index is 12.9. The normalized spacial score (nSPS) is 11.5. The molecule has 0 radical (unpaired) electrons. The highest BCUT2D eigenvalue weighted by Gasteiger charge is 2.19. The molecule has 0 saturated heterocycles. The molecule has 9 heteroatoms. The van der Waals surface area contributed by atoms with Crippen LogP contribution in [0.1, 0.15) is 29.8 Å². The second-order valence-corrected chi connectivity index (χ2v) is 9.26. The molecule has 4 rings (SSSR count). The molecule has 0 spiro atoms. The number of nitrogens with zero attached hydrogens (tertiary/aromatic N) is 2. The molecule has 0 aliphatic rings. The number of aromatic amines is 1. The number of para-hydroxylation sites is 2. The van der Waals surface area contributed by atoms with Gasteiger partial charge >= 0.3 is 0 Å². The highest BCUT2D eigenvalue weighted by molar-refractivity contribution is 8.00. The van der Waals surface area contributed by atoms with E-state index in [1.807, 2.05) is 37.3 Å². The van der Waals surface area contributed by atoms with Crippen molar-refractivity contribution in [1.29, 1.82) is 0 Å². The summed E-state index contributed by atoms with van der Waals surface area (Å²) in [6.45, 7) is 3.76. The molecule has 2 amide bonds. The summed E-state index contributed by atoms with van der Waals surface area (Å²) in [7, 11) is 0. The summed E-state index contributed by atoms with van der Waals surface area (Å²) < 4.78 is 0. The van der Waals surface area contributed by atoms with Crippen LogP contribution in [0, 0.1) is 0 Å². The predicted molar refractivity (Wildman–Crippen MR) is 142 cm³/mol. The molecule has 0 unspecified atom stereocenters. The van der Waals surface area contributed by atoms with Gasteiger partial charge < -0.3 is 10.6 Å². The number of rotatable bonds is 8. The fourth-order valence-electron chi connectivity index (χ4n) is 3.54. The molecule has 0 bridgehead atoms. The van der Waals surface area contributed by atoms with E-state index >= 15 is 0 Å². The summed E-state index contributed by atoms with van der Waals surface area (Å²) >= 11 is 1.10. The lowest BCUT2D eigenvalue weighted by molar-refractivity contribution is -0.115. The first kappa shape index (κ1) is 24.9. The molecule has 3 aromatic carbocycles. The molecule has 182 valence electrons. The first-order valence-corrected chi connectivity index (χ1v) is 12.3. The number of benzene rings is 3. The number of nitrogens with one attached hydrogen (secondary N) is 3. The maximum Gasteiger partial charge on any atom is 0.278 e. The Morgan fingerprint density at radius 2 is 1.56 bits per heavy atom. The first-order valence-electron chi connectivity index (χ1n) is 11.4. The van der Waals surface area contributed by atoms with Crippen molar-refractivity contribution >= 4 is 35.0 Å². The molecule has 36 heavy (non-hydrogen) atoms. The summed E-state index contributed by atoms with van der Waals surface area (Å²) in [5, 5.41) is 13.7. The lowest BCUT2D eigenvalue weighted by Crippen LogP contribution is -2.24. The number of amides is 2. The molecule has 1 aromatic heterocycles. The van der Waals surface area contributed by atoms with Gasteiger partial charge in [-0.05, 0) is 43.2 Å². The Bertz CT molecular complexity index is 1440. The molecule has 1 heterocycles. The molecule has 0 aliphatic heterocycles.